The van der Waals surface area contributed by atoms with Gasteiger partial charge in [-0.2, -0.15) is 6.42 Å². The van der Waals surface area contributed by atoms with E-state index in [4.69, 9.17) is 32.7 Å². The zero-order valence-corrected chi connectivity index (χ0v) is 22.0. The maximum Gasteiger partial charge on any atom is 1.00 e. The van der Waals surface area contributed by atoms with Crippen molar-refractivity contribution in [3.05, 3.63) is 93.8 Å². The van der Waals surface area contributed by atoms with Gasteiger partial charge in [-0.05, 0) is 62.2 Å². The van der Waals surface area contributed by atoms with Gasteiger partial charge >= 0.3 is 29.6 Å². The molecule has 1 amide bonds. The maximum absolute atomic E-state index is 11.9. The first-order valence-corrected chi connectivity index (χ1v) is 10.8. The number of aryl methyl sites for hydroxylation is 1. The van der Waals surface area contributed by atoms with Crippen LogP contribution in [0.2, 0.25) is 10.0 Å². The van der Waals surface area contributed by atoms with Gasteiger partial charge in [0.2, 0.25) is 0 Å². The molecule has 4 nitrogen and oxygen atoms in total. The zero-order chi connectivity index (χ0) is 22.2. The number of hydrogen-bond acceptors (Lipinski definition) is 3. The number of hydrogen-bond donors (Lipinski definition) is 1. The molecule has 0 atom stereocenters. The number of halogens is 2. The second-order valence-electron chi connectivity index (χ2n) is 6.90. The van der Waals surface area contributed by atoms with Crippen molar-refractivity contribution in [2.75, 3.05) is 13.2 Å². The molecule has 0 radical (unpaired) electrons. The molecular formula is C25H24Cl2NNaO3. The van der Waals surface area contributed by atoms with Crippen molar-refractivity contribution in [2.45, 2.75) is 20.3 Å². The summed E-state index contributed by atoms with van der Waals surface area (Å²) in [6.07, 6.45) is 2.98. The molecule has 1 aliphatic rings. The van der Waals surface area contributed by atoms with E-state index in [1.54, 1.807) is 18.2 Å². The van der Waals surface area contributed by atoms with Crippen LogP contribution in [0, 0.1) is 13.3 Å². The molecule has 0 spiro atoms. The third kappa shape index (κ3) is 7.36. The molecule has 1 N–H and O–H groups in total. The van der Waals surface area contributed by atoms with Gasteiger partial charge < -0.3 is 14.8 Å². The molecule has 0 saturated carbocycles. The van der Waals surface area contributed by atoms with Crippen molar-refractivity contribution in [3.8, 4) is 17.2 Å². The quantitative estimate of drug-likeness (QED) is 0.456. The number of ether oxygens (including phenoxy) is 2. The minimum atomic E-state index is -0.0945. The third-order valence-corrected chi connectivity index (χ3v) is 5.08. The Balaban J connectivity index is 0.000000388. The SMILES string of the molecule is CCNC(=O)c1ccc(Oc2cc3c(cc2Cl)[CH-]CCO3)c(C)c1.Clc1ccccc1.[Na+]. The number of carbonyl (C=O) groups is 1. The van der Waals surface area contributed by atoms with Gasteiger partial charge in [-0.15, -0.1) is 11.6 Å². The van der Waals surface area contributed by atoms with E-state index >= 15 is 0 Å². The van der Waals surface area contributed by atoms with Gasteiger partial charge in [-0.1, -0.05) is 41.4 Å². The molecule has 4 rings (SSSR count). The van der Waals surface area contributed by atoms with Crippen LogP contribution in [0.3, 0.4) is 0 Å². The minimum absolute atomic E-state index is 0. The van der Waals surface area contributed by atoms with Crippen LogP contribution in [-0.2, 0) is 0 Å². The summed E-state index contributed by atoms with van der Waals surface area (Å²) in [5.74, 6) is 1.88. The fourth-order valence-electron chi connectivity index (χ4n) is 3.00. The summed E-state index contributed by atoms with van der Waals surface area (Å²) < 4.78 is 11.6. The maximum atomic E-state index is 11.9. The van der Waals surface area contributed by atoms with E-state index in [1.165, 1.54) is 0 Å². The normalized spacial score (nSPS) is 11.4. The van der Waals surface area contributed by atoms with Crippen LogP contribution in [0.5, 0.6) is 17.2 Å². The van der Waals surface area contributed by atoms with Crippen molar-refractivity contribution in [1.82, 2.24) is 5.32 Å². The number of nitrogens with one attached hydrogen (secondary N) is 1. The van der Waals surface area contributed by atoms with Crippen LogP contribution in [0.15, 0.2) is 60.7 Å². The Kier molecular flexibility index (Phi) is 10.8. The molecule has 3 aromatic carbocycles. The molecule has 0 bridgehead atoms. The molecule has 0 aliphatic carbocycles. The fraction of sp³-hybridized carbons (Fsp3) is 0.200. The molecule has 0 unspecified atom stereocenters. The van der Waals surface area contributed by atoms with Crippen LogP contribution >= 0.6 is 23.2 Å². The monoisotopic (exact) mass is 479 g/mol. The Morgan fingerprint density at radius 1 is 1.09 bits per heavy atom. The molecule has 3 aromatic rings. The Morgan fingerprint density at radius 2 is 1.84 bits per heavy atom. The summed E-state index contributed by atoms with van der Waals surface area (Å²) in [7, 11) is 0. The second kappa shape index (κ2) is 13.0. The number of benzene rings is 3. The molecule has 0 saturated heterocycles. The largest absolute Gasteiger partial charge is 1.00 e. The van der Waals surface area contributed by atoms with Crippen LogP contribution in [0.25, 0.3) is 0 Å². The molecule has 1 heterocycles. The number of rotatable bonds is 4. The van der Waals surface area contributed by atoms with E-state index in [0.29, 0.717) is 35.2 Å². The van der Waals surface area contributed by atoms with E-state index in [9.17, 15) is 4.79 Å². The van der Waals surface area contributed by atoms with Gasteiger partial charge in [-0.25, -0.2) is 0 Å². The fourth-order valence-corrected chi connectivity index (χ4v) is 3.35. The Hall–Kier alpha value is -1.82. The van der Waals surface area contributed by atoms with E-state index in [2.05, 4.69) is 11.7 Å². The summed E-state index contributed by atoms with van der Waals surface area (Å²) in [6.45, 7) is 5.04. The summed E-state index contributed by atoms with van der Waals surface area (Å²) in [6, 6.07) is 18.4. The molecule has 162 valence electrons. The van der Waals surface area contributed by atoms with Crippen molar-refractivity contribution in [3.63, 3.8) is 0 Å². The predicted molar refractivity (Wildman–Crippen MR) is 126 cm³/mol. The number of amides is 1. The van der Waals surface area contributed by atoms with Crippen molar-refractivity contribution in [2.24, 2.45) is 0 Å². The first kappa shape index (κ1) is 26.4. The van der Waals surface area contributed by atoms with Crippen LogP contribution in [-0.4, -0.2) is 19.1 Å². The molecule has 1 aliphatic heterocycles. The molecule has 0 fully saturated rings. The summed E-state index contributed by atoms with van der Waals surface area (Å²) in [4.78, 5) is 11.9. The Bertz CT molecular complexity index is 1040. The number of fused-ring (bicyclic) bond motifs is 1. The van der Waals surface area contributed by atoms with E-state index < -0.39 is 0 Å². The summed E-state index contributed by atoms with van der Waals surface area (Å²) in [5, 5.41) is 4.10. The van der Waals surface area contributed by atoms with Gasteiger partial charge in [0.15, 0.2) is 0 Å². The number of carbonyl (C=O) groups excluding carboxylic acids is 1. The van der Waals surface area contributed by atoms with Crippen molar-refractivity contribution in [1.29, 1.82) is 0 Å². The third-order valence-electron chi connectivity index (χ3n) is 4.53. The smallest absolute Gasteiger partial charge is 0.551 e. The van der Waals surface area contributed by atoms with Crippen LogP contribution in [0.1, 0.15) is 34.8 Å². The van der Waals surface area contributed by atoms with Gasteiger partial charge in [0, 0.05) is 27.9 Å². The molecular weight excluding hydrogens is 456 g/mol. The molecule has 7 heteroatoms. The molecule has 0 aromatic heterocycles. The topological polar surface area (TPSA) is 47.6 Å². The predicted octanol–water partition coefficient (Wildman–Crippen LogP) is 3.87. The van der Waals surface area contributed by atoms with Crippen molar-refractivity contribution >= 4 is 29.1 Å². The minimum Gasteiger partial charge on any atom is -0.551 e. The van der Waals surface area contributed by atoms with Crippen LogP contribution in [0.4, 0.5) is 0 Å². The summed E-state index contributed by atoms with van der Waals surface area (Å²) in [5.41, 5.74) is 2.46. The average Bonchev–Trinajstić information content (AvgIpc) is 2.76. The summed E-state index contributed by atoms with van der Waals surface area (Å²) >= 11 is 11.9. The van der Waals surface area contributed by atoms with Gasteiger partial charge in [0.25, 0.3) is 5.91 Å². The first-order chi connectivity index (χ1) is 15.0. The standard InChI is InChI=1S/C19H19ClNO3.C6H5Cl.Na/c1-3-21-19(22)14-6-7-16(12(2)9-14)24-18-11-17-13(10-15(18)20)5-4-8-23-17;7-6-4-2-1-3-5-6;/h5-7,9-11H,3-4,8H2,1-2H3,(H,21,22);1-5H;/q-1;;+1. The van der Waals surface area contributed by atoms with E-state index in [-0.39, 0.29) is 35.5 Å². The van der Waals surface area contributed by atoms with E-state index in [1.807, 2.05) is 56.3 Å². The van der Waals surface area contributed by atoms with Crippen LogP contribution < -0.4 is 44.3 Å². The Morgan fingerprint density at radius 3 is 2.47 bits per heavy atom. The van der Waals surface area contributed by atoms with Crippen molar-refractivity contribution < 1.29 is 43.8 Å². The Labute approximate surface area is 221 Å². The van der Waals surface area contributed by atoms with E-state index in [0.717, 1.165) is 28.3 Å². The van der Waals surface area contributed by atoms with Gasteiger partial charge in [-0.3, -0.25) is 4.79 Å². The first-order valence-electron chi connectivity index (χ1n) is 10.0. The van der Waals surface area contributed by atoms with Gasteiger partial charge in [0.05, 0.1) is 6.61 Å². The van der Waals surface area contributed by atoms with Gasteiger partial charge in [0.1, 0.15) is 11.5 Å². The second-order valence-corrected chi connectivity index (χ2v) is 7.74. The molecule has 32 heavy (non-hydrogen) atoms. The zero-order valence-electron chi connectivity index (χ0n) is 18.5. The average molecular weight is 480 g/mol.